The molecule has 0 atom stereocenters. The fourth-order valence-corrected chi connectivity index (χ4v) is 1.97. The minimum absolute atomic E-state index is 0.844. The molecule has 76 valence electrons. The van der Waals surface area contributed by atoms with Gasteiger partial charge in [-0.15, -0.1) is 0 Å². The third kappa shape index (κ3) is 1.75. The number of aryl methyl sites for hydroxylation is 2. The third-order valence-corrected chi connectivity index (χ3v) is 2.85. The summed E-state index contributed by atoms with van der Waals surface area (Å²) >= 11 is 0. The van der Waals surface area contributed by atoms with Crippen LogP contribution in [0.3, 0.4) is 0 Å². The summed E-state index contributed by atoms with van der Waals surface area (Å²) in [5, 5.41) is 0. The van der Waals surface area contributed by atoms with Crippen LogP contribution in [0.2, 0.25) is 0 Å². The van der Waals surface area contributed by atoms with E-state index in [1.165, 1.54) is 35.2 Å². The molecular weight excluding hydrogens is 172 g/mol. The molecule has 0 aromatic heterocycles. The molecule has 0 saturated heterocycles. The van der Waals surface area contributed by atoms with Crippen LogP contribution in [0, 0.1) is 13.8 Å². The first kappa shape index (κ1) is 9.53. The van der Waals surface area contributed by atoms with Crippen molar-refractivity contribution < 1.29 is 0 Å². The van der Waals surface area contributed by atoms with Gasteiger partial charge in [0.1, 0.15) is 0 Å². The zero-order chi connectivity index (χ0) is 10.1. The molecule has 2 heteroatoms. The van der Waals surface area contributed by atoms with Crippen LogP contribution in [0.4, 0.5) is 5.69 Å². The number of rotatable bonds is 3. The Bertz CT molecular complexity index is 317. The van der Waals surface area contributed by atoms with Gasteiger partial charge in [-0.2, -0.15) is 0 Å². The zero-order valence-electron chi connectivity index (χ0n) is 9.15. The number of hydrogen-bond acceptors (Lipinski definition) is 2. The first-order valence-electron chi connectivity index (χ1n) is 5.26. The topological polar surface area (TPSA) is 24.1 Å². The molecule has 1 saturated carbocycles. The second kappa shape index (κ2) is 3.62. The number of hydrogen-bond donors (Lipinski definition) is 2. The molecule has 1 aromatic carbocycles. The van der Waals surface area contributed by atoms with E-state index >= 15 is 0 Å². The van der Waals surface area contributed by atoms with Crippen LogP contribution in [0.5, 0.6) is 0 Å². The van der Waals surface area contributed by atoms with Crippen molar-refractivity contribution in [2.24, 2.45) is 0 Å². The van der Waals surface area contributed by atoms with Crippen molar-refractivity contribution in [1.29, 1.82) is 0 Å². The van der Waals surface area contributed by atoms with E-state index in [0.29, 0.717) is 0 Å². The lowest BCUT2D eigenvalue weighted by atomic mass is 10.0. The minimum Gasteiger partial charge on any atom is -0.321 e. The van der Waals surface area contributed by atoms with Crippen molar-refractivity contribution in [2.75, 3.05) is 12.5 Å². The fraction of sp³-hybridized carbons (Fsp3) is 0.500. The van der Waals surface area contributed by atoms with Crippen LogP contribution in [-0.2, 0) is 0 Å². The predicted octanol–water partition coefficient (Wildman–Crippen LogP) is 2.73. The van der Waals surface area contributed by atoms with Crippen LogP contribution >= 0.6 is 0 Å². The van der Waals surface area contributed by atoms with E-state index in [-0.39, 0.29) is 0 Å². The molecule has 1 fully saturated rings. The van der Waals surface area contributed by atoms with Crippen molar-refractivity contribution in [1.82, 2.24) is 5.43 Å². The number of hydrazine groups is 1. The lowest BCUT2D eigenvalue weighted by molar-refractivity contribution is 0.972. The monoisotopic (exact) mass is 190 g/mol. The van der Waals surface area contributed by atoms with Crippen LogP contribution < -0.4 is 10.9 Å². The maximum absolute atomic E-state index is 3.18. The highest BCUT2D eigenvalue weighted by atomic mass is 15.3. The first-order chi connectivity index (χ1) is 6.72. The van der Waals surface area contributed by atoms with Crippen LogP contribution in [0.25, 0.3) is 0 Å². The fourth-order valence-electron chi connectivity index (χ4n) is 1.97. The standard InChI is InChI=1S/C12H18N2/c1-8-6-11(10-4-5-10)7-9(2)12(8)14-13-3/h6-7,10,13-14H,4-5H2,1-3H3. The van der Waals surface area contributed by atoms with Gasteiger partial charge in [-0.05, 0) is 49.3 Å². The van der Waals surface area contributed by atoms with Crippen molar-refractivity contribution in [3.8, 4) is 0 Å². The van der Waals surface area contributed by atoms with Gasteiger partial charge in [0.05, 0.1) is 5.69 Å². The normalized spacial score (nSPS) is 15.6. The summed E-state index contributed by atoms with van der Waals surface area (Å²) in [6.07, 6.45) is 2.75. The lowest BCUT2D eigenvalue weighted by Gasteiger charge is -2.13. The Balaban J connectivity index is 2.33. The predicted molar refractivity (Wildman–Crippen MR) is 60.6 cm³/mol. The molecule has 0 heterocycles. The summed E-state index contributed by atoms with van der Waals surface area (Å²) in [5.74, 6) is 0.844. The third-order valence-electron chi connectivity index (χ3n) is 2.85. The zero-order valence-corrected chi connectivity index (χ0v) is 9.15. The molecule has 0 amide bonds. The Kier molecular flexibility index (Phi) is 2.46. The molecule has 2 N–H and O–H groups in total. The molecule has 1 aliphatic carbocycles. The number of benzene rings is 1. The molecule has 0 bridgehead atoms. The van der Waals surface area contributed by atoms with Crippen LogP contribution in [-0.4, -0.2) is 7.05 Å². The molecular formula is C12H18N2. The molecule has 0 spiro atoms. The summed E-state index contributed by atoms with van der Waals surface area (Å²) in [4.78, 5) is 0. The average molecular weight is 190 g/mol. The molecule has 1 aliphatic rings. The maximum Gasteiger partial charge on any atom is 0.0545 e. The summed E-state index contributed by atoms with van der Waals surface area (Å²) in [7, 11) is 1.90. The van der Waals surface area contributed by atoms with E-state index in [4.69, 9.17) is 0 Å². The van der Waals surface area contributed by atoms with E-state index in [0.717, 1.165) is 5.92 Å². The highest BCUT2D eigenvalue weighted by Crippen LogP contribution is 2.41. The van der Waals surface area contributed by atoms with E-state index in [2.05, 4.69) is 36.8 Å². The van der Waals surface area contributed by atoms with E-state index in [1.807, 2.05) is 7.05 Å². The lowest BCUT2D eigenvalue weighted by Crippen LogP contribution is -2.17. The minimum atomic E-state index is 0.844. The van der Waals surface area contributed by atoms with Gasteiger partial charge in [-0.3, -0.25) is 0 Å². The summed E-state index contributed by atoms with van der Waals surface area (Å²) in [6.45, 7) is 4.33. The Hall–Kier alpha value is -1.02. The highest BCUT2D eigenvalue weighted by molar-refractivity contribution is 5.58. The average Bonchev–Trinajstić information content (AvgIpc) is 2.93. The van der Waals surface area contributed by atoms with Gasteiger partial charge in [0.15, 0.2) is 0 Å². The van der Waals surface area contributed by atoms with Gasteiger partial charge < -0.3 is 5.43 Å². The van der Waals surface area contributed by atoms with Crippen LogP contribution in [0.15, 0.2) is 12.1 Å². The van der Waals surface area contributed by atoms with Gasteiger partial charge >= 0.3 is 0 Å². The van der Waals surface area contributed by atoms with E-state index in [1.54, 1.807) is 0 Å². The van der Waals surface area contributed by atoms with Gasteiger partial charge in [0.25, 0.3) is 0 Å². The van der Waals surface area contributed by atoms with Crippen molar-refractivity contribution >= 4 is 5.69 Å². The van der Waals surface area contributed by atoms with E-state index in [9.17, 15) is 0 Å². The van der Waals surface area contributed by atoms with Gasteiger partial charge in [0.2, 0.25) is 0 Å². The molecule has 0 radical (unpaired) electrons. The molecule has 2 rings (SSSR count). The molecule has 14 heavy (non-hydrogen) atoms. The first-order valence-corrected chi connectivity index (χ1v) is 5.26. The van der Waals surface area contributed by atoms with E-state index < -0.39 is 0 Å². The quantitative estimate of drug-likeness (QED) is 0.716. The molecule has 1 aromatic rings. The van der Waals surface area contributed by atoms with Gasteiger partial charge in [-0.25, -0.2) is 5.43 Å². The summed E-state index contributed by atoms with van der Waals surface area (Å²) in [6, 6.07) is 4.62. The second-order valence-corrected chi connectivity index (χ2v) is 4.18. The Morgan fingerprint density at radius 2 is 1.71 bits per heavy atom. The summed E-state index contributed by atoms with van der Waals surface area (Å²) < 4.78 is 0. The SMILES string of the molecule is CNNc1c(C)cc(C2CC2)cc1C. The highest BCUT2D eigenvalue weighted by Gasteiger charge is 2.24. The Labute approximate surface area is 85.7 Å². The van der Waals surface area contributed by atoms with Gasteiger partial charge in [-0.1, -0.05) is 12.1 Å². The smallest absolute Gasteiger partial charge is 0.0545 e. The van der Waals surface area contributed by atoms with Crippen molar-refractivity contribution in [3.05, 3.63) is 28.8 Å². The van der Waals surface area contributed by atoms with Crippen molar-refractivity contribution in [3.63, 3.8) is 0 Å². The Morgan fingerprint density at radius 3 is 2.14 bits per heavy atom. The Morgan fingerprint density at radius 1 is 1.14 bits per heavy atom. The summed E-state index contributed by atoms with van der Waals surface area (Å²) in [5.41, 5.74) is 11.6. The van der Waals surface area contributed by atoms with Gasteiger partial charge in [0, 0.05) is 7.05 Å². The van der Waals surface area contributed by atoms with Crippen LogP contribution in [0.1, 0.15) is 35.4 Å². The largest absolute Gasteiger partial charge is 0.321 e. The van der Waals surface area contributed by atoms with Crippen molar-refractivity contribution in [2.45, 2.75) is 32.6 Å². The molecule has 0 aliphatic heterocycles. The molecule has 2 nitrogen and oxygen atoms in total. The molecule has 0 unspecified atom stereocenters. The number of anilines is 1. The second-order valence-electron chi connectivity index (χ2n) is 4.18. The number of nitrogens with one attached hydrogen (secondary N) is 2. The maximum atomic E-state index is 3.18.